The normalized spacial score (nSPS) is 11.6. The van der Waals surface area contributed by atoms with E-state index in [9.17, 15) is 4.79 Å². The van der Waals surface area contributed by atoms with Crippen molar-refractivity contribution in [3.05, 3.63) is 23.8 Å². The molecule has 0 bridgehead atoms. The summed E-state index contributed by atoms with van der Waals surface area (Å²) in [4.78, 5) is 11.7. The van der Waals surface area contributed by atoms with Crippen LogP contribution in [0.5, 0.6) is 5.75 Å². The van der Waals surface area contributed by atoms with Gasteiger partial charge in [-0.2, -0.15) is 0 Å². The van der Waals surface area contributed by atoms with E-state index in [1.807, 2.05) is 44.4 Å². The van der Waals surface area contributed by atoms with Gasteiger partial charge in [-0.3, -0.25) is 0 Å². The van der Waals surface area contributed by atoms with Crippen molar-refractivity contribution >= 4 is 26.1 Å². The van der Waals surface area contributed by atoms with Crippen LogP contribution >= 0.6 is 9.69 Å². The van der Waals surface area contributed by atoms with Crippen molar-refractivity contribution in [2.24, 2.45) is 5.92 Å². The maximum atomic E-state index is 11.7. The SMILES string of the molecule is CC(C)COC(=O)Nc1ccc(OC(C)C)c([CH]=[Ru][Cl])c1. The molecule has 0 heterocycles. The molecule has 0 radical (unpaired) electrons. The Kier molecular flexibility index (Phi) is 7.91. The van der Waals surface area contributed by atoms with E-state index in [1.165, 1.54) is 0 Å². The van der Waals surface area contributed by atoms with Crippen LogP contribution in [0.15, 0.2) is 18.2 Å². The summed E-state index contributed by atoms with van der Waals surface area (Å²) < 4.78 is 12.7. The van der Waals surface area contributed by atoms with Gasteiger partial charge in [0.05, 0.1) is 0 Å². The number of halogens is 1. The predicted molar refractivity (Wildman–Crippen MR) is 83.0 cm³/mol. The third-order valence-corrected chi connectivity index (χ3v) is 3.50. The average Bonchev–Trinajstić information content (AvgIpc) is 2.39. The molecule has 1 rings (SSSR count). The molecular weight excluding hydrogens is 379 g/mol. The van der Waals surface area contributed by atoms with Gasteiger partial charge in [0.15, 0.2) is 0 Å². The number of benzene rings is 1. The molecular formula is C15H21ClNO3Ru. The van der Waals surface area contributed by atoms with Crippen LogP contribution in [0.4, 0.5) is 10.5 Å². The van der Waals surface area contributed by atoms with E-state index in [2.05, 4.69) is 5.32 Å². The van der Waals surface area contributed by atoms with Crippen molar-refractivity contribution in [1.82, 2.24) is 0 Å². The summed E-state index contributed by atoms with van der Waals surface area (Å²) >= 11 is -0.375. The van der Waals surface area contributed by atoms with Crippen molar-refractivity contribution in [3.8, 4) is 5.75 Å². The minimum absolute atomic E-state index is 0.0816. The topological polar surface area (TPSA) is 47.6 Å². The number of rotatable bonds is 6. The minimum atomic E-state index is -0.453. The van der Waals surface area contributed by atoms with Crippen LogP contribution in [0.2, 0.25) is 0 Å². The molecule has 0 aliphatic heterocycles. The van der Waals surface area contributed by atoms with Crippen molar-refractivity contribution in [1.29, 1.82) is 0 Å². The number of anilines is 1. The first-order valence-electron chi connectivity index (χ1n) is 6.72. The molecule has 4 nitrogen and oxygen atoms in total. The maximum absolute atomic E-state index is 11.7. The van der Waals surface area contributed by atoms with Gasteiger partial charge in [-0.25, -0.2) is 0 Å². The first-order valence-corrected chi connectivity index (χ1v) is 9.96. The first-order chi connectivity index (χ1) is 9.92. The number of nitrogens with one attached hydrogen (secondary N) is 1. The summed E-state index contributed by atoms with van der Waals surface area (Å²) in [5.41, 5.74) is 1.55. The van der Waals surface area contributed by atoms with Gasteiger partial charge in [0.2, 0.25) is 0 Å². The molecule has 1 aromatic carbocycles. The van der Waals surface area contributed by atoms with E-state index in [4.69, 9.17) is 19.2 Å². The fourth-order valence-corrected chi connectivity index (χ4v) is 2.59. The van der Waals surface area contributed by atoms with Crippen molar-refractivity contribution < 1.29 is 30.0 Å². The Morgan fingerprint density at radius 2 is 2.10 bits per heavy atom. The Hall–Kier alpha value is -0.927. The summed E-state index contributed by atoms with van der Waals surface area (Å²) in [5.74, 6) is 1.07. The molecule has 0 spiro atoms. The molecule has 119 valence electrons. The molecule has 1 N–H and O–H groups in total. The van der Waals surface area contributed by atoms with Crippen LogP contribution in [0.3, 0.4) is 0 Å². The Morgan fingerprint density at radius 3 is 2.67 bits per heavy atom. The fourth-order valence-electron chi connectivity index (χ4n) is 1.51. The van der Waals surface area contributed by atoms with Gasteiger partial charge in [0.25, 0.3) is 0 Å². The van der Waals surface area contributed by atoms with Crippen LogP contribution in [0.1, 0.15) is 33.3 Å². The average molecular weight is 400 g/mol. The summed E-state index contributed by atoms with van der Waals surface area (Å²) in [7, 11) is 5.85. The van der Waals surface area contributed by atoms with Gasteiger partial charge in [0, 0.05) is 0 Å². The van der Waals surface area contributed by atoms with E-state index in [-0.39, 0.29) is 21.8 Å². The van der Waals surface area contributed by atoms with Gasteiger partial charge in [-0.05, 0) is 0 Å². The Balaban J connectivity index is 2.80. The van der Waals surface area contributed by atoms with E-state index in [1.54, 1.807) is 6.07 Å². The monoisotopic (exact) mass is 400 g/mol. The molecule has 0 aromatic heterocycles. The number of amides is 1. The molecule has 0 aliphatic carbocycles. The molecule has 0 aliphatic rings. The van der Waals surface area contributed by atoms with E-state index < -0.39 is 6.09 Å². The van der Waals surface area contributed by atoms with E-state index >= 15 is 0 Å². The molecule has 0 saturated carbocycles. The Bertz CT molecular complexity index is 504. The van der Waals surface area contributed by atoms with E-state index in [0.717, 1.165) is 11.3 Å². The Morgan fingerprint density at radius 1 is 1.38 bits per heavy atom. The van der Waals surface area contributed by atoms with Gasteiger partial charge in [-0.15, -0.1) is 0 Å². The quantitative estimate of drug-likeness (QED) is 0.734. The molecule has 1 amide bonds. The molecule has 21 heavy (non-hydrogen) atoms. The third-order valence-electron chi connectivity index (χ3n) is 2.32. The summed E-state index contributed by atoms with van der Waals surface area (Å²) in [6.07, 6.45) is -0.371. The van der Waals surface area contributed by atoms with Crippen LogP contribution in [0, 0.1) is 5.92 Å². The first kappa shape index (κ1) is 18.1. The Labute approximate surface area is 137 Å². The van der Waals surface area contributed by atoms with Gasteiger partial charge in [-0.1, -0.05) is 0 Å². The van der Waals surface area contributed by atoms with Crippen molar-refractivity contribution in [3.63, 3.8) is 0 Å². The molecule has 0 atom stereocenters. The van der Waals surface area contributed by atoms with Crippen molar-refractivity contribution in [2.45, 2.75) is 33.8 Å². The van der Waals surface area contributed by atoms with Gasteiger partial charge in [0.1, 0.15) is 0 Å². The predicted octanol–water partition coefficient (Wildman–Crippen LogP) is 4.06. The second-order valence-electron chi connectivity index (χ2n) is 5.22. The van der Waals surface area contributed by atoms with Gasteiger partial charge < -0.3 is 0 Å². The molecule has 6 heteroatoms. The number of ether oxygens (including phenoxy) is 2. The number of hydrogen-bond donors (Lipinski definition) is 1. The van der Waals surface area contributed by atoms with Crippen LogP contribution in [-0.4, -0.2) is 23.4 Å². The number of carbonyl (C=O) groups is 1. The molecule has 0 fully saturated rings. The fraction of sp³-hybridized carbons (Fsp3) is 0.467. The molecule has 1 aromatic rings. The van der Waals surface area contributed by atoms with Crippen molar-refractivity contribution in [2.75, 3.05) is 11.9 Å². The number of hydrogen-bond acceptors (Lipinski definition) is 3. The summed E-state index contributed by atoms with van der Waals surface area (Å²) in [6.45, 7) is 8.30. The second-order valence-corrected chi connectivity index (χ2v) is 7.01. The standard InChI is InChI=1S/C15H21NO3.ClH.Ru/c1-10(2)9-18-15(17)16-13-6-7-14(12(5)8-13)19-11(3)4;;/h5-8,10-11H,9H2,1-4H3,(H,16,17);1H;/q;;+1/p-1. The zero-order valence-electron chi connectivity index (χ0n) is 12.6. The van der Waals surface area contributed by atoms with Crippen LogP contribution in [-0.2, 0) is 20.4 Å². The molecule has 0 unspecified atom stereocenters. The van der Waals surface area contributed by atoms with Crippen LogP contribution < -0.4 is 10.1 Å². The molecule has 0 saturated heterocycles. The summed E-state index contributed by atoms with van der Waals surface area (Å²) in [5, 5.41) is 2.71. The summed E-state index contributed by atoms with van der Waals surface area (Å²) in [6, 6.07) is 5.46. The zero-order chi connectivity index (χ0) is 15.8. The van der Waals surface area contributed by atoms with Crippen LogP contribution in [0.25, 0.3) is 0 Å². The zero-order valence-corrected chi connectivity index (χ0v) is 15.1. The number of carbonyl (C=O) groups excluding carboxylic acids is 1. The van der Waals surface area contributed by atoms with Gasteiger partial charge >= 0.3 is 137 Å². The second kappa shape index (κ2) is 9.16. The third kappa shape index (κ3) is 7.05. The van der Waals surface area contributed by atoms with E-state index in [0.29, 0.717) is 18.2 Å².